The average molecular weight is 505 g/mol. The van der Waals surface area contributed by atoms with Crippen molar-refractivity contribution in [1.82, 2.24) is 4.57 Å². The Morgan fingerprint density at radius 2 is 1.51 bits per heavy atom. The molecule has 3 nitrogen and oxygen atoms in total. The largest absolute Gasteiger partial charge is 0.347 e. The first-order valence-corrected chi connectivity index (χ1v) is 14.0. The monoisotopic (exact) mass is 504 g/mol. The second-order valence-electron chi connectivity index (χ2n) is 10.3. The van der Waals surface area contributed by atoms with Crippen LogP contribution in [0.1, 0.15) is 38.3 Å². The number of benzene rings is 3. The first-order chi connectivity index (χ1) is 18.0. The summed E-state index contributed by atoms with van der Waals surface area (Å²) in [5.41, 5.74) is 5.27. The molecule has 5 aromatic rings. The molecule has 1 aliphatic heterocycles. The first kappa shape index (κ1) is 23.7. The lowest BCUT2D eigenvalue weighted by Gasteiger charge is -2.23. The molecule has 0 aliphatic carbocycles. The van der Waals surface area contributed by atoms with E-state index in [2.05, 4.69) is 140 Å². The molecule has 3 aromatic carbocycles. The summed E-state index contributed by atoms with van der Waals surface area (Å²) < 4.78 is 6.23. The normalized spacial score (nSPS) is 17.0. The molecule has 186 valence electrons. The Bertz CT molecular complexity index is 1800. The fraction of sp³-hybridized carbons (Fsp3) is 0.242. The standard InChI is InChI=1S/C33H34N3S/c1-6-35-26(20-21-31-33(3,4)25-16-10-11-17-27(25)34(31)5)23-14-8-9-15-24(23)29(35)22-32-36(7-2)28-18-12-13-19-30(28)37-32/h8-22H,6-7H2,1-5H3/q+1. The van der Waals surface area contributed by atoms with Crippen molar-refractivity contribution in [1.29, 1.82) is 0 Å². The van der Waals surface area contributed by atoms with Crippen LogP contribution in [0.3, 0.4) is 0 Å². The topological polar surface area (TPSA) is 12.1 Å². The second-order valence-corrected chi connectivity index (χ2v) is 11.3. The summed E-state index contributed by atoms with van der Waals surface area (Å²) in [5.74, 6) is 0. The van der Waals surface area contributed by atoms with Gasteiger partial charge in [0.1, 0.15) is 11.2 Å². The number of likely N-dealkylation sites (N-methyl/N-ethyl adjacent to an activating group) is 1. The van der Waals surface area contributed by atoms with Crippen molar-refractivity contribution in [3.05, 3.63) is 106 Å². The smallest absolute Gasteiger partial charge is 0.264 e. The van der Waals surface area contributed by atoms with E-state index in [0.717, 1.165) is 13.1 Å². The number of anilines is 1. The van der Waals surface area contributed by atoms with Crippen LogP contribution in [-0.4, -0.2) is 11.6 Å². The molecule has 0 spiro atoms. The summed E-state index contributed by atoms with van der Waals surface area (Å²) in [6.45, 7) is 11.0. The van der Waals surface area contributed by atoms with Gasteiger partial charge in [0.05, 0.1) is 5.35 Å². The molecule has 2 aromatic heterocycles. The molecule has 3 heterocycles. The molecule has 4 heteroatoms. The number of hydrogen-bond acceptors (Lipinski definition) is 2. The Balaban J connectivity index is 1.60. The molecule has 0 saturated carbocycles. The highest BCUT2D eigenvalue weighted by atomic mass is 32.1. The van der Waals surface area contributed by atoms with Gasteiger partial charge in [0.2, 0.25) is 5.52 Å². The Morgan fingerprint density at radius 1 is 0.838 bits per heavy atom. The summed E-state index contributed by atoms with van der Waals surface area (Å²) in [4.78, 5) is 2.35. The van der Waals surface area contributed by atoms with Crippen LogP contribution in [0.25, 0.3) is 33.1 Å². The van der Waals surface area contributed by atoms with E-state index in [-0.39, 0.29) is 5.41 Å². The maximum atomic E-state index is 2.47. The molecule has 0 N–H and O–H groups in total. The van der Waals surface area contributed by atoms with Crippen molar-refractivity contribution >= 4 is 50.2 Å². The number of thiazole rings is 1. The van der Waals surface area contributed by atoms with Gasteiger partial charge in [-0.2, -0.15) is 4.57 Å². The molecular weight excluding hydrogens is 470 g/mol. The van der Waals surface area contributed by atoms with Gasteiger partial charge >= 0.3 is 0 Å². The Hall–Kier alpha value is -3.63. The van der Waals surface area contributed by atoms with Gasteiger partial charge in [-0.3, -0.25) is 0 Å². The number of allylic oxidation sites excluding steroid dienone is 2. The fourth-order valence-corrected chi connectivity index (χ4v) is 7.25. The molecule has 1 aliphatic rings. The van der Waals surface area contributed by atoms with E-state index in [4.69, 9.17) is 0 Å². The highest BCUT2D eigenvalue weighted by Crippen LogP contribution is 2.46. The van der Waals surface area contributed by atoms with Crippen LogP contribution in [0.5, 0.6) is 0 Å². The van der Waals surface area contributed by atoms with E-state index in [1.165, 1.54) is 53.6 Å². The van der Waals surface area contributed by atoms with Gasteiger partial charge in [-0.25, -0.2) is 0 Å². The van der Waals surface area contributed by atoms with Crippen molar-refractivity contribution in [3.63, 3.8) is 0 Å². The number of nitrogens with zero attached hydrogens (tertiary/aromatic N) is 3. The van der Waals surface area contributed by atoms with Crippen molar-refractivity contribution < 1.29 is 4.57 Å². The van der Waals surface area contributed by atoms with Crippen LogP contribution in [0.2, 0.25) is 0 Å². The van der Waals surface area contributed by atoms with E-state index in [9.17, 15) is 0 Å². The number of rotatable bonds is 4. The SMILES string of the molecule is CCn1/c(=C\C=C2/N(C)c3ccccc3C2(C)C)c2ccccc2/c1=C/c1sc2ccccc2[n+]1CC. The van der Waals surface area contributed by atoms with E-state index in [1.54, 1.807) is 0 Å². The number of fused-ring (bicyclic) bond motifs is 3. The lowest BCUT2D eigenvalue weighted by atomic mass is 9.84. The molecule has 37 heavy (non-hydrogen) atoms. The molecule has 6 rings (SSSR count). The first-order valence-electron chi connectivity index (χ1n) is 13.2. The van der Waals surface area contributed by atoms with Gasteiger partial charge in [-0.15, -0.1) is 0 Å². The fourth-order valence-electron chi connectivity index (χ4n) is 6.09. The zero-order chi connectivity index (χ0) is 25.7. The van der Waals surface area contributed by atoms with Gasteiger partial charge in [0, 0.05) is 58.7 Å². The Kier molecular flexibility index (Phi) is 5.80. The van der Waals surface area contributed by atoms with E-state index >= 15 is 0 Å². The van der Waals surface area contributed by atoms with Crippen LogP contribution in [0.15, 0.2) is 84.6 Å². The van der Waals surface area contributed by atoms with Crippen molar-refractivity contribution in [3.8, 4) is 0 Å². The second kappa shape index (κ2) is 9.04. The van der Waals surface area contributed by atoms with Crippen LogP contribution in [-0.2, 0) is 18.5 Å². The molecule has 0 saturated heterocycles. The van der Waals surface area contributed by atoms with Gasteiger partial charge in [-0.1, -0.05) is 79.8 Å². The summed E-state index contributed by atoms with van der Waals surface area (Å²) in [6.07, 6.45) is 7.07. The van der Waals surface area contributed by atoms with E-state index in [0.29, 0.717) is 0 Å². The van der Waals surface area contributed by atoms with Gasteiger partial charge in [0.15, 0.2) is 0 Å². The van der Waals surface area contributed by atoms with Gasteiger partial charge in [-0.05, 0) is 43.7 Å². The van der Waals surface area contributed by atoms with Crippen LogP contribution in [0, 0.1) is 0 Å². The highest BCUT2D eigenvalue weighted by molar-refractivity contribution is 7.18. The average Bonchev–Trinajstić information content (AvgIpc) is 3.49. The third-order valence-corrected chi connectivity index (χ3v) is 9.04. The minimum absolute atomic E-state index is 0.0417. The minimum atomic E-state index is -0.0417. The number of para-hydroxylation sites is 2. The quantitative estimate of drug-likeness (QED) is 0.269. The third-order valence-electron chi connectivity index (χ3n) is 7.93. The maximum absolute atomic E-state index is 2.47. The minimum Gasteiger partial charge on any atom is -0.347 e. The van der Waals surface area contributed by atoms with Crippen LogP contribution < -0.4 is 20.2 Å². The summed E-state index contributed by atoms with van der Waals surface area (Å²) in [7, 11) is 2.19. The highest BCUT2D eigenvalue weighted by Gasteiger charge is 2.37. The van der Waals surface area contributed by atoms with Crippen molar-refractivity contribution in [2.45, 2.75) is 46.2 Å². The van der Waals surface area contributed by atoms with E-state index in [1.807, 2.05) is 11.3 Å². The number of aryl methyl sites for hydroxylation is 1. The molecule has 0 amide bonds. The van der Waals surface area contributed by atoms with Crippen molar-refractivity contribution in [2.75, 3.05) is 11.9 Å². The molecule has 0 radical (unpaired) electrons. The molecule has 0 unspecified atom stereocenters. The lowest BCUT2D eigenvalue weighted by Crippen LogP contribution is -2.35. The van der Waals surface area contributed by atoms with Gasteiger partial charge < -0.3 is 9.47 Å². The number of aromatic nitrogens is 2. The lowest BCUT2D eigenvalue weighted by molar-refractivity contribution is -0.665. The van der Waals surface area contributed by atoms with Crippen LogP contribution >= 0.6 is 11.3 Å². The summed E-state index contributed by atoms with van der Waals surface area (Å²) >= 11 is 1.87. The molecule has 0 fully saturated rings. The maximum Gasteiger partial charge on any atom is 0.264 e. The van der Waals surface area contributed by atoms with Crippen molar-refractivity contribution in [2.24, 2.45) is 0 Å². The van der Waals surface area contributed by atoms with Gasteiger partial charge in [0.25, 0.3) is 5.01 Å². The Labute approximate surface area is 222 Å². The third kappa shape index (κ3) is 3.66. The Morgan fingerprint density at radius 3 is 2.24 bits per heavy atom. The zero-order valence-electron chi connectivity index (χ0n) is 22.3. The van der Waals surface area contributed by atoms with Crippen LogP contribution in [0.4, 0.5) is 5.69 Å². The van der Waals surface area contributed by atoms with E-state index < -0.39 is 0 Å². The number of hydrogen-bond donors (Lipinski definition) is 0. The predicted molar refractivity (Wildman–Crippen MR) is 159 cm³/mol. The molecule has 0 bridgehead atoms. The summed E-state index contributed by atoms with van der Waals surface area (Å²) in [6, 6.07) is 26.3. The molecule has 0 atom stereocenters. The molecular formula is C33H34N3S+. The summed E-state index contributed by atoms with van der Waals surface area (Å²) in [5, 5.41) is 6.43. The zero-order valence-corrected chi connectivity index (χ0v) is 23.1. The predicted octanol–water partition coefficient (Wildman–Crippen LogP) is 6.10.